The number of aromatic nitrogens is 2. The molecule has 6 nitrogen and oxygen atoms in total. The summed E-state index contributed by atoms with van der Waals surface area (Å²) in [7, 11) is 1.43. The average Bonchev–Trinajstić information content (AvgIpc) is 2.96. The Labute approximate surface area is 148 Å². The zero-order valence-electron chi connectivity index (χ0n) is 15.2. The molecular weight excluding hydrogens is 318 g/mol. The Morgan fingerprint density at radius 3 is 2.88 bits per heavy atom. The van der Waals surface area contributed by atoms with E-state index in [0.717, 1.165) is 30.4 Å². The first-order valence-electron chi connectivity index (χ1n) is 8.88. The van der Waals surface area contributed by atoms with Crippen molar-refractivity contribution in [1.29, 1.82) is 0 Å². The number of carbonyl (C=O) groups is 1. The topological polar surface area (TPSA) is 67.6 Å². The molecule has 1 fully saturated rings. The third-order valence-corrected chi connectivity index (χ3v) is 5.15. The molecule has 3 rings (SSSR count). The Morgan fingerprint density at radius 1 is 1.36 bits per heavy atom. The minimum Gasteiger partial charge on any atom is -0.469 e. The van der Waals surface area contributed by atoms with Crippen molar-refractivity contribution in [3.63, 3.8) is 0 Å². The van der Waals surface area contributed by atoms with Crippen LogP contribution >= 0.6 is 0 Å². The number of esters is 1. The van der Waals surface area contributed by atoms with Crippen LogP contribution in [0.25, 0.3) is 11.0 Å². The second kappa shape index (κ2) is 7.54. The smallest absolute Gasteiger partial charge is 0.309 e. The van der Waals surface area contributed by atoms with Crippen molar-refractivity contribution in [3.05, 3.63) is 29.6 Å². The number of aliphatic hydroxyl groups excluding tert-OH is 1. The quantitative estimate of drug-likeness (QED) is 0.839. The van der Waals surface area contributed by atoms with Crippen LogP contribution in [0.15, 0.2) is 18.5 Å². The van der Waals surface area contributed by atoms with Gasteiger partial charge in [-0.3, -0.25) is 9.69 Å². The number of carbonyl (C=O) groups excluding carboxylic acids is 1. The van der Waals surface area contributed by atoms with Crippen molar-refractivity contribution in [3.8, 4) is 0 Å². The van der Waals surface area contributed by atoms with E-state index < -0.39 is 6.10 Å². The van der Waals surface area contributed by atoms with Gasteiger partial charge in [-0.1, -0.05) is 0 Å². The van der Waals surface area contributed by atoms with Gasteiger partial charge >= 0.3 is 5.97 Å². The van der Waals surface area contributed by atoms with E-state index in [-0.39, 0.29) is 11.9 Å². The third kappa shape index (κ3) is 4.02. The molecule has 136 valence electrons. The van der Waals surface area contributed by atoms with Crippen molar-refractivity contribution >= 4 is 17.0 Å². The standard InChI is InChI=1S/C19H27N3O3/c1-13-7-17-18(8-14(13)2)22(12-20-17)11-16(23)10-21-6-4-5-15(9-21)19(24)25-3/h7-8,12,15-16,23H,4-6,9-11H2,1-3H3. The highest BCUT2D eigenvalue weighted by atomic mass is 16.5. The summed E-state index contributed by atoms with van der Waals surface area (Å²) in [6, 6.07) is 4.21. The molecule has 6 heteroatoms. The largest absolute Gasteiger partial charge is 0.469 e. The zero-order valence-corrected chi connectivity index (χ0v) is 15.2. The maximum Gasteiger partial charge on any atom is 0.309 e. The van der Waals surface area contributed by atoms with Crippen LogP contribution in [0.3, 0.4) is 0 Å². The number of imidazole rings is 1. The molecule has 1 saturated heterocycles. The Morgan fingerprint density at radius 2 is 2.12 bits per heavy atom. The van der Waals surface area contributed by atoms with Crippen molar-refractivity contribution < 1.29 is 14.6 Å². The Hall–Kier alpha value is -1.92. The number of nitrogens with zero attached hydrogens (tertiary/aromatic N) is 3. The van der Waals surface area contributed by atoms with E-state index in [1.807, 2.05) is 4.57 Å². The molecule has 1 aliphatic rings. The van der Waals surface area contributed by atoms with Crippen LogP contribution in [-0.2, 0) is 16.1 Å². The second-order valence-corrected chi connectivity index (χ2v) is 7.10. The molecule has 1 aliphatic heterocycles. The molecule has 0 aliphatic carbocycles. The number of aryl methyl sites for hydroxylation is 2. The first-order valence-corrected chi connectivity index (χ1v) is 8.88. The van der Waals surface area contributed by atoms with Crippen molar-refractivity contribution in [1.82, 2.24) is 14.5 Å². The maximum atomic E-state index is 11.7. The van der Waals surface area contributed by atoms with Gasteiger partial charge in [0.1, 0.15) is 0 Å². The molecule has 0 saturated carbocycles. The highest BCUT2D eigenvalue weighted by Gasteiger charge is 2.27. The van der Waals surface area contributed by atoms with Gasteiger partial charge in [-0.2, -0.15) is 0 Å². The highest BCUT2D eigenvalue weighted by Crippen LogP contribution is 2.20. The fourth-order valence-electron chi connectivity index (χ4n) is 3.62. The lowest BCUT2D eigenvalue weighted by Crippen LogP contribution is -2.43. The monoisotopic (exact) mass is 345 g/mol. The first kappa shape index (κ1) is 17.9. The summed E-state index contributed by atoms with van der Waals surface area (Å²) in [5, 5.41) is 10.5. The van der Waals surface area contributed by atoms with Crippen molar-refractivity contribution in [2.24, 2.45) is 5.92 Å². The molecule has 1 N–H and O–H groups in total. The number of piperidine rings is 1. The van der Waals surface area contributed by atoms with Gasteiger partial charge in [0.05, 0.1) is 43.0 Å². The minimum atomic E-state index is -0.504. The van der Waals surface area contributed by atoms with E-state index in [1.165, 1.54) is 18.2 Å². The summed E-state index contributed by atoms with van der Waals surface area (Å²) in [4.78, 5) is 18.3. The summed E-state index contributed by atoms with van der Waals surface area (Å²) in [5.74, 6) is -0.226. The number of hydrogen-bond donors (Lipinski definition) is 1. The molecule has 2 aromatic rings. The summed E-state index contributed by atoms with van der Waals surface area (Å²) in [5.41, 5.74) is 4.45. The fraction of sp³-hybridized carbons (Fsp3) is 0.579. The summed E-state index contributed by atoms with van der Waals surface area (Å²) < 4.78 is 6.86. The van der Waals surface area contributed by atoms with Gasteiger partial charge in [-0.15, -0.1) is 0 Å². The Bertz CT molecular complexity index is 756. The number of likely N-dealkylation sites (tertiary alicyclic amines) is 1. The van der Waals surface area contributed by atoms with Crippen LogP contribution in [0.1, 0.15) is 24.0 Å². The Balaban J connectivity index is 1.64. The van der Waals surface area contributed by atoms with Crippen LogP contribution in [-0.4, -0.2) is 58.4 Å². The third-order valence-electron chi connectivity index (χ3n) is 5.15. The van der Waals surface area contributed by atoms with E-state index >= 15 is 0 Å². The molecule has 0 amide bonds. The average molecular weight is 345 g/mol. The number of methoxy groups -OCH3 is 1. The lowest BCUT2D eigenvalue weighted by molar-refractivity contribution is -0.147. The predicted octanol–water partition coefficient (Wildman–Crippen LogP) is 1.90. The van der Waals surface area contributed by atoms with E-state index in [0.29, 0.717) is 19.6 Å². The van der Waals surface area contributed by atoms with Gasteiger partial charge in [-0.25, -0.2) is 4.98 Å². The summed E-state index contributed by atoms with van der Waals surface area (Å²) in [6.07, 6.45) is 3.11. The molecule has 1 aromatic carbocycles. The van der Waals surface area contributed by atoms with Crippen LogP contribution in [0.5, 0.6) is 0 Å². The number of benzene rings is 1. The van der Waals surface area contributed by atoms with E-state index in [1.54, 1.807) is 6.33 Å². The maximum absolute atomic E-state index is 11.7. The van der Waals surface area contributed by atoms with Crippen LogP contribution in [0, 0.1) is 19.8 Å². The highest BCUT2D eigenvalue weighted by molar-refractivity contribution is 5.77. The lowest BCUT2D eigenvalue weighted by Gasteiger charge is -2.32. The molecule has 0 radical (unpaired) electrons. The summed E-state index contributed by atoms with van der Waals surface area (Å²) >= 11 is 0. The number of hydrogen-bond acceptors (Lipinski definition) is 5. The van der Waals surface area contributed by atoms with Gasteiger partial charge in [0.25, 0.3) is 0 Å². The molecule has 2 atom stereocenters. The predicted molar refractivity (Wildman–Crippen MR) is 96.4 cm³/mol. The molecule has 2 unspecified atom stereocenters. The van der Waals surface area contributed by atoms with Gasteiger partial charge in [0.2, 0.25) is 0 Å². The number of aliphatic hydroxyl groups is 1. The van der Waals surface area contributed by atoms with Crippen LogP contribution < -0.4 is 0 Å². The van der Waals surface area contributed by atoms with Crippen LogP contribution in [0.4, 0.5) is 0 Å². The van der Waals surface area contributed by atoms with Crippen LogP contribution in [0.2, 0.25) is 0 Å². The second-order valence-electron chi connectivity index (χ2n) is 7.10. The first-order chi connectivity index (χ1) is 12.0. The van der Waals surface area contributed by atoms with Gasteiger partial charge in [0.15, 0.2) is 0 Å². The molecule has 2 heterocycles. The minimum absolute atomic E-state index is 0.0781. The van der Waals surface area contributed by atoms with Crippen molar-refractivity contribution in [2.75, 3.05) is 26.7 Å². The normalized spacial score (nSPS) is 19.9. The van der Waals surface area contributed by atoms with E-state index in [4.69, 9.17) is 4.74 Å². The zero-order chi connectivity index (χ0) is 18.0. The molecule has 0 spiro atoms. The van der Waals surface area contributed by atoms with Crippen molar-refractivity contribution in [2.45, 2.75) is 39.3 Å². The van der Waals surface area contributed by atoms with Gasteiger partial charge in [0, 0.05) is 13.1 Å². The van der Waals surface area contributed by atoms with E-state index in [9.17, 15) is 9.90 Å². The summed E-state index contributed by atoms with van der Waals surface area (Å²) in [6.45, 7) is 6.79. The molecule has 0 bridgehead atoms. The molecular formula is C19H27N3O3. The number of rotatable bonds is 5. The number of β-amino-alcohol motifs (C(OH)–C–C–N with tert-alkyl or cyclic N) is 1. The molecule has 25 heavy (non-hydrogen) atoms. The SMILES string of the molecule is COC(=O)C1CCCN(CC(O)Cn2cnc3cc(C)c(C)cc32)C1. The molecule has 1 aromatic heterocycles. The number of ether oxygens (including phenoxy) is 1. The Kier molecular flexibility index (Phi) is 5.39. The van der Waals surface area contributed by atoms with Gasteiger partial charge in [-0.05, 0) is 56.5 Å². The lowest BCUT2D eigenvalue weighted by atomic mass is 9.98. The fourth-order valence-corrected chi connectivity index (χ4v) is 3.62. The van der Waals surface area contributed by atoms with E-state index in [2.05, 4.69) is 35.9 Å². The number of fused-ring (bicyclic) bond motifs is 1. The van der Waals surface area contributed by atoms with Gasteiger partial charge < -0.3 is 14.4 Å².